The first-order valence-electron chi connectivity index (χ1n) is 4.58. The monoisotopic (exact) mass is 317 g/mol. The van der Waals surface area contributed by atoms with E-state index in [9.17, 15) is 26.4 Å². The Morgan fingerprint density at radius 2 is 1.89 bits per heavy atom. The highest BCUT2D eigenvalue weighted by Gasteiger charge is 2.38. The van der Waals surface area contributed by atoms with Crippen molar-refractivity contribution in [1.29, 1.82) is 0 Å². The largest absolute Gasteiger partial charge is 0.478 e. The van der Waals surface area contributed by atoms with Crippen LogP contribution in [0.5, 0.6) is 0 Å². The molecule has 0 atom stereocenters. The molecular formula is C9H7ClF3NO4S. The van der Waals surface area contributed by atoms with Gasteiger partial charge in [0.15, 0.2) is 0 Å². The molecule has 0 saturated carbocycles. The minimum absolute atomic E-state index is 0.273. The van der Waals surface area contributed by atoms with E-state index in [0.717, 1.165) is 7.05 Å². The van der Waals surface area contributed by atoms with Crippen molar-refractivity contribution < 1.29 is 31.5 Å². The van der Waals surface area contributed by atoms with Crippen LogP contribution in [-0.2, 0) is 16.2 Å². The van der Waals surface area contributed by atoms with Gasteiger partial charge in [0.05, 0.1) is 21.0 Å². The van der Waals surface area contributed by atoms with Crippen molar-refractivity contribution in [2.75, 3.05) is 7.05 Å². The molecule has 0 aliphatic carbocycles. The third-order valence-corrected chi connectivity index (χ3v) is 3.93. The van der Waals surface area contributed by atoms with Gasteiger partial charge in [-0.05, 0) is 19.2 Å². The van der Waals surface area contributed by atoms with Gasteiger partial charge in [-0.2, -0.15) is 13.2 Å². The molecule has 0 fully saturated rings. The molecule has 0 aromatic heterocycles. The number of rotatable bonds is 3. The molecule has 0 unspecified atom stereocenters. The summed E-state index contributed by atoms with van der Waals surface area (Å²) < 4.78 is 62.9. The smallest absolute Gasteiger partial charge is 0.417 e. The summed E-state index contributed by atoms with van der Waals surface area (Å²) in [6.07, 6.45) is -4.99. The van der Waals surface area contributed by atoms with Crippen LogP contribution in [0.1, 0.15) is 15.9 Å². The lowest BCUT2D eigenvalue weighted by Crippen LogP contribution is -2.23. The first-order chi connectivity index (χ1) is 8.50. The van der Waals surface area contributed by atoms with Gasteiger partial charge < -0.3 is 5.11 Å². The molecule has 0 bridgehead atoms. The highest BCUT2D eigenvalue weighted by atomic mass is 35.5. The molecule has 1 aromatic carbocycles. The van der Waals surface area contributed by atoms with Crippen molar-refractivity contribution in [1.82, 2.24) is 4.72 Å². The Kier molecular flexibility index (Phi) is 4.13. The number of carboxylic acid groups (broad SMARTS) is 1. The van der Waals surface area contributed by atoms with Crippen molar-refractivity contribution in [3.05, 3.63) is 28.3 Å². The zero-order valence-electron chi connectivity index (χ0n) is 9.25. The van der Waals surface area contributed by atoms with E-state index in [1.54, 1.807) is 4.72 Å². The van der Waals surface area contributed by atoms with E-state index in [1.165, 1.54) is 0 Å². The summed E-state index contributed by atoms with van der Waals surface area (Å²) in [5.41, 5.74) is -2.26. The Balaban J connectivity index is 3.76. The van der Waals surface area contributed by atoms with E-state index in [2.05, 4.69) is 0 Å². The molecule has 2 N–H and O–H groups in total. The van der Waals surface area contributed by atoms with E-state index in [4.69, 9.17) is 16.7 Å². The molecule has 5 nitrogen and oxygen atoms in total. The van der Waals surface area contributed by atoms with Crippen LogP contribution < -0.4 is 4.72 Å². The van der Waals surface area contributed by atoms with Crippen LogP contribution in [0, 0.1) is 0 Å². The molecular weight excluding hydrogens is 311 g/mol. The van der Waals surface area contributed by atoms with Gasteiger partial charge in [0.25, 0.3) is 0 Å². The lowest BCUT2D eigenvalue weighted by molar-refractivity contribution is -0.139. The molecule has 0 radical (unpaired) electrons. The Bertz CT molecular complexity index is 627. The van der Waals surface area contributed by atoms with Gasteiger partial charge >= 0.3 is 12.1 Å². The number of aromatic carboxylic acids is 1. The third kappa shape index (κ3) is 3.17. The zero-order valence-corrected chi connectivity index (χ0v) is 10.8. The number of alkyl halides is 3. The van der Waals surface area contributed by atoms with Crippen LogP contribution in [0.25, 0.3) is 0 Å². The summed E-state index contributed by atoms with van der Waals surface area (Å²) in [7, 11) is -3.57. The van der Waals surface area contributed by atoms with E-state index >= 15 is 0 Å². The molecule has 0 saturated heterocycles. The van der Waals surface area contributed by atoms with Gasteiger partial charge in [0, 0.05) is 0 Å². The fraction of sp³-hybridized carbons (Fsp3) is 0.222. The van der Waals surface area contributed by atoms with Crippen molar-refractivity contribution >= 4 is 27.6 Å². The Morgan fingerprint density at radius 3 is 2.26 bits per heavy atom. The highest BCUT2D eigenvalue weighted by Crippen LogP contribution is 2.37. The first kappa shape index (κ1) is 15.7. The molecule has 0 aliphatic heterocycles. The van der Waals surface area contributed by atoms with E-state index in [0.29, 0.717) is 6.07 Å². The minimum atomic E-state index is -4.99. The van der Waals surface area contributed by atoms with Crippen LogP contribution >= 0.6 is 11.6 Å². The van der Waals surface area contributed by atoms with E-state index < -0.39 is 43.2 Å². The molecule has 0 aliphatic rings. The predicted molar refractivity (Wildman–Crippen MR) is 59.7 cm³/mol. The Morgan fingerprint density at radius 1 is 1.37 bits per heavy atom. The number of nitrogens with one attached hydrogen (secondary N) is 1. The number of hydrogen-bond acceptors (Lipinski definition) is 3. The van der Waals surface area contributed by atoms with Crippen molar-refractivity contribution in [2.45, 2.75) is 11.1 Å². The lowest BCUT2D eigenvalue weighted by Gasteiger charge is -2.14. The fourth-order valence-electron chi connectivity index (χ4n) is 1.27. The normalized spacial score (nSPS) is 12.5. The molecule has 0 amide bonds. The number of halogens is 4. The Labute approximate surface area is 111 Å². The van der Waals surface area contributed by atoms with Crippen molar-refractivity contribution in [3.63, 3.8) is 0 Å². The summed E-state index contributed by atoms with van der Waals surface area (Å²) in [6, 6.07) is 0.647. The summed E-state index contributed by atoms with van der Waals surface area (Å²) in [4.78, 5) is 9.58. The van der Waals surface area contributed by atoms with Crippen LogP contribution in [0.2, 0.25) is 5.02 Å². The molecule has 0 heterocycles. The summed E-state index contributed by atoms with van der Waals surface area (Å²) >= 11 is 5.40. The van der Waals surface area contributed by atoms with Gasteiger partial charge in [-0.3, -0.25) is 0 Å². The highest BCUT2D eigenvalue weighted by molar-refractivity contribution is 7.89. The SMILES string of the molecule is CNS(=O)(=O)c1cc(C(=O)O)c(Cl)cc1C(F)(F)F. The average molecular weight is 318 g/mol. The second-order valence-electron chi connectivity index (χ2n) is 3.34. The number of sulfonamides is 1. The first-order valence-corrected chi connectivity index (χ1v) is 6.44. The molecule has 0 spiro atoms. The molecule has 106 valence electrons. The number of hydrogen-bond donors (Lipinski definition) is 2. The van der Waals surface area contributed by atoms with Gasteiger partial charge in [-0.1, -0.05) is 11.6 Å². The zero-order chi connectivity index (χ0) is 15.0. The van der Waals surface area contributed by atoms with Gasteiger partial charge in [-0.25, -0.2) is 17.9 Å². The lowest BCUT2D eigenvalue weighted by atomic mass is 10.1. The fourth-order valence-corrected chi connectivity index (χ4v) is 2.47. The second kappa shape index (κ2) is 4.99. The third-order valence-electron chi connectivity index (χ3n) is 2.16. The molecule has 19 heavy (non-hydrogen) atoms. The van der Waals surface area contributed by atoms with Gasteiger partial charge in [-0.15, -0.1) is 0 Å². The molecule has 1 aromatic rings. The molecule has 1 rings (SSSR count). The summed E-state index contributed by atoms with van der Waals surface area (Å²) in [6.45, 7) is 0. The van der Waals surface area contributed by atoms with Crippen molar-refractivity contribution in [3.8, 4) is 0 Å². The topological polar surface area (TPSA) is 83.5 Å². The maximum absolute atomic E-state index is 12.7. The van der Waals surface area contributed by atoms with E-state index in [1.807, 2.05) is 0 Å². The van der Waals surface area contributed by atoms with Crippen LogP contribution in [0.15, 0.2) is 17.0 Å². The summed E-state index contributed by atoms with van der Waals surface area (Å²) in [5, 5.41) is 8.04. The van der Waals surface area contributed by atoms with Crippen LogP contribution in [0.3, 0.4) is 0 Å². The predicted octanol–water partition coefficient (Wildman–Crippen LogP) is 1.97. The Hall–Kier alpha value is -1.32. The van der Waals surface area contributed by atoms with E-state index in [-0.39, 0.29) is 6.07 Å². The van der Waals surface area contributed by atoms with Gasteiger partial charge in [0.1, 0.15) is 0 Å². The summed E-state index contributed by atoms with van der Waals surface area (Å²) in [5.74, 6) is -1.63. The number of carbonyl (C=O) groups is 1. The molecule has 10 heteroatoms. The van der Waals surface area contributed by atoms with Crippen LogP contribution in [0.4, 0.5) is 13.2 Å². The number of benzene rings is 1. The average Bonchev–Trinajstić information content (AvgIpc) is 2.26. The van der Waals surface area contributed by atoms with Crippen LogP contribution in [-0.4, -0.2) is 26.5 Å². The second-order valence-corrected chi connectivity index (χ2v) is 5.60. The number of carboxylic acids is 1. The maximum Gasteiger partial charge on any atom is 0.417 e. The van der Waals surface area contributed by atoms with Gasteiger partial charge in [0.2, 0.25) is 10.0 Å². The maximum atomic E-state index is 12.7. The quantitative estimate of drug-likeness (QED) is 0.892. The van der Waals surface area contributed by atoms with Crippen molar-refractivity contribution in [2.24, 2.45) is 0 Å². The minimum Gasteiger partial charge on any atom is -0.478 e. The standard InChI is InChI=1S/C9H7ClF3NO4S/c1-14-19(17,18)7-2-4(8(15)16)6(10)3-5(7)9(11,12)13/h2-3,14H,1H3,(H,15,16).